The van der Waals surface area contributed by atoms with Crippen molar-refractivity contribution in [2.24, 2.45) is 5.73 Å². The second-order valence-electron chi connectivity index (χ2n) is 3.13. The van der Waals surface area contributed by atoms with Gasteiger partial charge in [0.25, 0.3) is 0 Å². The Morgan fingerprint density at radius 1 is 1.21 bits per heavy atom. The minimum absolute atomic E-state index is 0.167. The Bertz CT molecular complexity index is 292. The van der Waals surface area contributed by atoms with Crippen LogP contribution in [0.5, 0.6) is 5.75 Å². The summed E-state index contributed by atoms with van der Waals surface area (Å²) in [5.74, 6) is -1.78. The average molecular weight is 201 g/mol. The van der Waals surface area contributed by atoms with E-state index < -0.39 is 11.6 Å². The molecule has 1 aromatic carbocycles. The number of aromatic hydroxyl groups is 1. The van der Waals surface area contributed by atoms with Crippen molar-refractivity contribution in [3.63, 3.8) is 0 Å². The Hall–Kier alpha value is -1.16. The first kappa shape index (κ1) is 10.9. The molecular formula is C10H13F2NO. The minimum Gasteiger partial charge on any atom is -0.507 e. The highest BCUT2D eigenvalue weighted by Gasteiger charge is 2.09. The van der Waals surface area contributed by atoms with Gasteiger partial charge in [-0.1, -0.05) is 0 Å². The highest BCUT2D eigenvalue weighted by Crippen LogP contribution is 2.23. The summed E-state index contributed by atoms with van der Waals surface area (Å²) >= 11 is 0. The molecule has 0 bridgehead atoms. The monoisotopic (exact) mass is 201 g/mol. The molecule has 0 radical (unpaired) electrons. The van der Waals surface area contributed by atoms with Crippen LogP contribution < -0.4 is 5.73 Å². The van der Waals surface area contributed by atoms with Crippen LogP contribution in [-0.4, -0.2) is 11.7 Å². The SMILES string of the molecule is NCCCCc1c(O)cc(F)cc1F. The van der Waals surface area contributed by atoms with Crippen LogP contribution in [0.25, 0.3) is 0 Å². The van der Waals surface area contributed by atoms with Gasteiger partial charge in [0, 0.05) is 17.7 Å². The number of nitrogens with two attached hydrogens (primary N) is 1. The summed E-state index contributed by atoms with van der Waals surface area (Å²) in [4.78, 5) is 0. The smallest absolute Gasteiger partial charge is 0.132 e. The summed E-state index contributed by atoms with van der Waals surface area (Å²) in [5, 5.41) is 9.26. The van der Waals surface area contributed by atoms with E-state index in [1.165, 1.54) is 0 Å². The summed E-state index contributed by atoms with van der Waals surface area (Å²) in [6.45, 7) is 0.531. The lowest BCUT2D eigenvalue weighted by Gasteiger charge is -2.05. The number of rotatable bonds is 4. The summed E-state index contributed by atoms with van der Waals surface area (Å²) in [7, 11) is 0. The van der Waals surface area contributed by atoms with E-state index in [1.54, 1.807) is 0 Å². The maximum atomic E-state index is 13.1. The van der Waals surface area contributed by atoms with Crippen LogP contribution in [0.2, 0.25) is 0 Å². The summed E-state index contributed by atoms with van der Waals surface area (Å²) < 4.78 is 25.7. The van der Waals surface area contributed by atoms with Crippen LogP contribution in [0.4, 0.5) is 8.78 Å². The molecule has 0 atom stereocenters. The number of hydrogen-bond donors (Lipinski definition) is 2. The molecule has 3 N–H and O–H groups in total. The van der Waals surface area contributed by atoms with Crippen LogP contribution in [0.3, 0.4) is 0 Å². The van der Waals surface area contributed by atoms with Crippen molar-refractivity contribution in [2.45, 2.75) is 19.3 Å². The first-order valence-corrected chi connectivity index (χ1v) is 4.52. The van der Waals surface area contributed by atoms with Gasteiger partial charge >= 0.3 is 0 Å². The van der Waals surface area contributed by atoms with E-state index in [1.807, 2.05) is 0 Å². The molecule has 78 valence electrons. The van der Waals surface area contributed by atoms with Crippen LogP contribution in [0.15, 0.2) is 12.1 Å². The molecule has 0 amide bonds. The third kappa shape index (κ3) is 2.67. The number of benzene rings is 1. The van der Waals surface area contributed by atoms with Gasteiger partial charge in [0.2, 0.25) is 0 Å². The number of hydrogen-bond acceptors (Lipinski definition) is 2. The Morgan fingerprint density at radius 2 is 1.93 bits per heavy atom. The lowest BCUT2D eigenvalue weighted by Crippen LogP contribution is -2.00. The number of halogens is 2. The van der Waals surface area contributed by atoms with Crippen molar-refractivity contribution in [1.82, 2.24) is 0 Å². The van der Waals surface area contributed by atoms with Crippen molar-refractivity contribution >= 4 is 0 Å². The predicted molar refractivity (Wildman–Crippen MR) is 50.0 cm³/mol. The predicted octanol–water partition coefficient (Wildman–Crippen LogP) is 1.95. The van der Waals surface area contributed by atoms with Gasteiger partial charge in [-0.05, 0) is 25.8 Å². The van der Waals surface area contributed by atoms with Gasteiger partial charge in [0.05, 0.1) is 0 Å². The molecule has 0 unspecified atom stereocenters. The number of phenols is 1. The van der Waals surface area contributed by atoms with E-state index >= 15 is 0 Å². The molecule has 0 aliphatic carbocycles. The number of unbranched alkanes of at least 4 members (excludes halogenated alkanes) is 1. The largest absolute Gasteiger partial charge is 0.507 e. The summed E-state index contributed by atoms with van der Waals surface area (Å²) in [6.07, 6.45) is 1.83. The van der Waals surface area contributed by atoms with Crippen LogP contribution in [-0.2, 0) is 6.42 Å². The van der Waals surface area contributed by atoms with E-state index in [-0.39, 0.29) is 11.3 Å². The molecule has 1 rings (SSSR count). The van der Waals surface area contributed by atoms with Gasteiger partial charge in [0.15, 0.2) is 0 Å². The molecule has 0 aromatic heterocycles. The third-order valence-electron chi connectivity index (χ3n) is 2.02. The minimum atomic E-state index is -0.762. The van der Waals surface area contributed by atoms with Crippen LogP contribution in [0.1, 0.15) is 18.4 Å². The zero-order chi connectivity index (χ0) is 10.6. The topological polar surface area (TPSA) is 46.2 Å². The Labute approximate surface area is 81.4 Å². The van der Waals surface area contributed by atoms with E-state index in [0.29, 0.717) is 19.4 Å². The molecule has 0 spiro atoms. The fourth-order valence-corrected chi connectivity index (χ4v) is 1.28. The van der Waals surface area contributed by atoms with Gasteiger partial charge < -0.3 is 10.8 Å². The molecule has 14 heavy (non-hydrogen) atoms. The van der Waals surface area contributed by atoms with Gasteiger partial charge in [-0.3, -0.25) is 0 Å². The molecule has 0 aliphatic heterocycles. The van der Waals surface area contributed by atoms with Crippen molar-refractivity contribution in [3.05, 3.63) is 29.3 Å². The lowest BCUT2D eigenvalue weighted by atomic mass is 10.1. The van der Waals surface area contributed by atoms with Crippen molar-refractivity contribution in [1.29, 1.82) is 0 Å². The van der Waals surface area contributed by atoms with Crippen molar-refractivity contribution in [2.75, 3.05) is 6.54 Å². The van der Waals surface area contributed by atoms with Gasteiger partial charge in [-0.25, -0.2) is 8.78 Å². The Kier molecular flexibility index (Phi) is 3.83. The van der Waals surface area contributed by atoms with E-state index in [0.717, 1.165) is 18.6 Å². The maximum absolute atomic E-state index is 13.1. The Balaban J connectivity index is 2.75. The zero-order valence-electron chi connectivity index (χ0n) is 7.76. The maximum Gasteiger partial charge on any atom is 0.132 e. The zero-order valence-corrected chi connectivity index (χ0v) is 7.76. The Morgan fingerprint density at radius 3 is 2.50 bits per heavy atom. The van der Waals surface area contributed by atoms with Crippen molar-refractivity contribution in [3.8, 4) is 5.75 Å². The van der Waals surface area contributed by atoms with Gasteiger partial charge in [-0.2, -0.15) is 0 Å². The highest BCUT2D eigenvalue weighted by atomic mass is 19.1. The first-order valence-electron chi connectivity index (χ1n) is 4.52. The van der Waals surface area contributed by atoms with E-state index in [2.05, 4.69) is 0 Å². The molecule has 2 nitrogen and oxygen atoms in total. The first-order chi connectivity index (χ1) is 6.65. The van der Waals surface area contributed by atoms with E-state index in [9.17, 15) is 13.9 Å². The molecular weight excluding hydrogens is 188 g/mol. The van der Waals surface area contributed by atoms with Crippen LogP contribution in [0, 0.1) is 11.6 Å². The quantitative estimate of drug-likeness (QED) is 0.731. The average Bonchev–Trinajstić information content (AvgIpc) is 2.09. The summed E-state index contributed by atoms with van der Waals surface area (Å²) in [6, 6.07) is 1.69. The molecule has 4 heteroatoms. The third-order valence-corrected chi connectivity index (χ3v) is 2.02. The van der Waals surface area contributed by atoms with Gasteiger partial charge in [-0.15, -0.1) is 0 Å². The number of phenolic OH excluding ortho intramolecular Hbond substituents is 1. The second-order valence-corrected chi connectivity index (χ2v) is 3.13. The molecule has 0 saturated heterocycles. The normalized spacial score (nSPS) is 10.5. The van der Waals surface area contributed by atoms with Gasteiger partial charge in [0.1, 0.15) is 17.4 Å². The summed E-state index contributed by atoms with van der Waals surface area (Å²) in [5.41, 5.74) is 5.44. The standard InChI is InChI=1S/C10H13F2NO/c11-7-5-9(12)8(10(14)6-7)3-1-2-4-13/h5-6,14H,1-4,13H2. The molecule has 0 heterocycles. The lowest BCUT2D eigenvalue weighted by molar-refractivity contribution is 0.448. The van der Waals surface area contributed by atoms with Crippen LogP contribution >= 0.6 is 0 Å². The fraction of sp³-hybridized carbons (Fsp3) is 0.400. The second kappa shape index (κ2) is 4.91. The fourth-order valence-electron chi connectivity index (χ4n) is 1.28. The van der Waals surface area contributed by atoms with E-state index in [4.69, 9.17) is 5.73 Å². The molecule has 0 fully saturated rings. The van der Waals surface area contributed by atoms with Crippen molar-refractivity contribution < 1.29 is 13.9 Å². The molecule has 0 aliphatic rings. The highest BCUT2D eigenvalue weighted by molar-refractivity contribution is 5.34. The molecule has 1 aromatic rings. The molecule has 0 saturated carbocycles.